The fourth-order valence-electron chi connectivity index (χ4n) is 2.22. The van der Waals surface area contributed by atoms with Gasteiger partial charge in [-0.3, -0.25) is 0 Å². The maximum absolute atomic E-state index is 13.1. The van der Waals surface area contributed by atoms with Crippen LogP contribution in [0.25, 0.3) is 0 Å². The molecule has 0 atom stereocenters. The van der Waals surface area contributed by atoms with Crippen LogP contribution < -0.4 is 0 Å². The van der Waals surface area contributed by atoms with E-state index in [9.17, 15) is 13.2 Å². The van der Waals surface area contributed by atoms with E-state index in [2.05, 4.69) is 5.10 Å². The Morgan fingerprint density at radius 1 is 1.11 bits per heavy atom. The maximum Gasteiger partial charge on any atom is 0.332 e. The molecular weight excluding hydrogens is 364 g/mol. The quantitative estimate of drug-likeness (QED) is 0.316. The smallest absolute Gasteiger partial charge is 0.332 e. The molecule has 142 valence electrons. The van der Waals surface area contributed by atoms with Crippen LogP contribution >= 0.6 is 0 Å². The summed E-state index contributed by atoms with van der Waals surface area (Å²) in [6, 6.07) is 15.5. The monoisotopic (exact) mass is 386 g/mol. The third-order valence-corrected chi connectivity index (χ3v) is 5.28. The standard InChI is InChI=1S/C20H22N2O4S/c1-4-26-20(23)14-17(3)22(21-15-18-8-6-5-7-9-18)27(24,25)19-12-10-16(2)11-13-19/h5-15H,4H2,1-3H3/b17-14+,21-15+. The Morgan fingerprint density at radius 3 is 2.33 bits per heavy atom. The molecule has 6 nitrogen and oxygen atoms in total. The van der Waals surface area contributed by atoms with Gasteiger partial charge in [-0.25, -0.2) is 4.79 Å². The minimum atomic E-state index is -3.99. The summed E-state index contributed by atoms with van der Waals surface area (Å²) in [5.41, 5.74) is 1.79. The van der Waals surface area contributed by atoms with Crippen molar-refractivity contribution in [2.45, 2.75) is 25.7 Å². The van der Waals surface area contributed by atoms with Gasteiger partial charge in [0.25, 0.3) is 10.0 Å². The Morgan fingerprint density at radius 2 is 1.74 bits per heavy atom. The summed E-state index contributed by atoms with van der Waals surface area (Å²) < 4.78 is 31.8. The predicted molar refractivity (Wildman–Crippen MR) is 105 cm³/mol. The van der Waals surface area contributed by atoms with Gasteiger partial charge in [-0.15, -0.1) is 0 Å². The van der Waals surface area contributed by atoms with Crippen LogP contribution in [-0.4, -0.2) is 31.6 Å². The van der Waals surface area contributed by atoms with E-state index in [1.165, 1.54) is 25.3 Å². The summed E-state index contributed by atoms with van der Waals surface area (Å²) >= 11 is 0. The molecule has 2 aromatic carbocycles. The third-order valence-electron chi connectivity index (χ3n) is 3.57. The summed E-state index contributed by atoms with van der Waals surface area (Å²) in [7, 11) is -3.99. The number of rotatable bonds is 7. The van der Waals surface area contributed by atoms with Crippen LogP contribution in [0, 0.1) is 6.92 Å². The number of esters is 1. The number of ether oxygens (including phenoxy) is 1. The summed E-state index contributed by atoms with van der Waals surface area (Å²) in [5, 5.41) is 4.12. The van der Waals surface area contributed by atoms with Crippen LogP contribution in [-0.2, 0) is 19.6 Å². The lowest BCUT2D eigenvalue weighted by molar-refractivity contribution is -0.137. The van der Waals surface area contributed by atoms with E-state index < -0.39 is 16.0 Å². The van der Waals surface area contributed by atoms with Gasteiger partial charge in [0.2, 0.25) is 0 Å². The average molecular weight is 386 g/mol. The van der Waals surface area contributed by atoms with Crippen molar-refractivity contribution >= 4 is 22.2 Å². The van der Waals surface area contributed by atoms with Gasteiger partial charge in [-0.1, -0.05) is 48.0 Å². The number of nitrogens with zero attached hydrogens (tertiary/aromatic N) is 2. The molecule has 0 unspecified atom stereocenters. The van der Waals surface area contributed by atoms with Crippen LogP contribution in [0.4, 0.5) is 0 Å². The molecule has 0 radical (unpaired) electrons. The normalized spacial score (nSPS) is 12.2. The van der Waals surface area contributed by atoms with Gasteiger partial charge in [0.05, 0.1) is 23.4 Å². The molecule has 0 aliphatic heterocycles. The van der Waals surface area contributed by atoms with Gasteiger partial charge in [-0.2, -0.15) is 17.9 Å². The molecule has 0 aliphatic rings. The Bertz CT molecular complexity index is 934. The van der Waals surface area contributed by atoms with Gasteiger partial charge in [-0.05, 0) is 38.5 Å². The Hall–Kier alpha value is -2.93. The topological polar surface area (TPSA) is 76.0 Å². The molecular formula is C20H22N2O4S. The molecule has 2 aromatic rings. The average Bonchev–Trinajstić information content (AvgIpc) is 2.63. The molecule has 27 heavy (non-hydrogen) atoms. The first-order valence-electron chi connectivity index (χ1n) is 8.40. The molecule has 0 N–H and O–H groups in total. The van der Waals surface area contributed by atoms with Crippen molar-refractivity contribution < 1.29 is 17.9 Å². The number of carbonyl (C=O) groups is 1. The number of benzene rings is 2. The molecule has 7 heteroatoms. The van der Waals surface area contributed by atoms with E-state index in [1.807, 2.05) is 25.1 Å². The van der Waals surface area contributed by atoms with Crippen molar-refractivity contribution in [2.75, 3.05) is 6.61 Å². The van der Waals surface area contributed by atoms with Crippen molar-refractivity contribution in [1.29, 1.82) is 0 Å². The Labute approximate surface area is 159 Å². The maximum atomic E-state index is 13.1. The zero-order valence-corrected chi connectivity index (χ0v) is 16.3. The molecule has 0 aromatic heterocycles. The first-order valence-corrected chi connectivity index (χ1v) is 9.84. The first-order chi connectivity index (χ1) is 12.8. The highest BCUT2D eigenvalue weighted by Crippen LogP contribution is 2.21. The van der Waals surface area contributed by atoms with Crippen LogP contribution in [0.1, 0.15) is 25.0 Å². The first kappa shape index (κ1) is 20.4. The minimum absolute atomic E-state index is 0.0786. The molecule has 0 saturated heterocycles. The number of allylic oxidation sites excluding steroid dienone is 1. The number of aryl methyl sites for hydroxylation is 1. The molecule has 0 fully saturated rings. The summed E-state index contributed by atoms with van der Waals surface area (Å²) in [6.45, 7) is 5.23. The minimum Gasteiger partial charge on any atom is -0.463 e. The van der Waals surface area contributed by atoms with Crippen molar-refractivity contribution in [3.05, 3.63) is 77.5 Å². The van der Waals surface area contributed by atoms with Gasteiger partial charge < -0.3 is 4.74 Å². The van der Waals surface area contributed by atoms with E-state index in [0.29, 0.717) is 0 Å². The van der Waals surface area contributed by atoms with Gasteiger partial charge in [0, 0.05) is 6.08 Å². The summed E-state index contributed by atoms with van der Waals surface area (Å²) in [6.07, 6.45) is 2.53. The number of carbonyl (C=O) groups excluding carboxylic acids is 1. The molecule has 2 rings (SSSR count). The van der Waals surface area contributed by atoms with Crippen LogP contribution in [0.5, 0.6) is 0 Å². The van der Waals surface area contributed by atoms with Gasteiger partial charge in [0.1, 0.15) is 0 Å². The molecule has 0 amide bonds. The SMILES string of the molecule is CCOC(=O)/C=C(\C)N(/N=C/c1ccccc1)S(=O)(=O)c1ccc(C)cc1. The van der Waals surface area contributed by atoms with Crippen LogP contribution in [0.3, 0.4) is 0 Å². The lowest BCUT2D eigenvalue weighted by Gasteiger charge is -2.19. The van der Waals surface area contributed by atoms with Crippen molar-refractivity contribution in [3.63, 3.8) is 0 Å². The Kier molecular flexibility index (Phi) is 6.90. The van der Waals surface area contributed by atoms with Gasteiger partial charge in [0.15, 0.2) is 0 Å². The lowest BCUT2D eigenvalue weighted by atomic mass is 10.2. The number of hydrogen-bond acceptors (Lipinski definition) is 5. The van der Waals surface area contributed by atoms with E-state index in [0.717, 1.165) is 21.6 Å². The van der Waals surface area contributed by atoms with Gasteiger partial charge >= 0.3 is 5.97 Å². The molecule has 0 heterocycles. The lowest BCUT2D eigenvalue weighted by Crippen LogP contribution is -2.25. The third kappa shape index (κ3) is 5.52. The summed E-state index contributed by atoms with van der Waals surface area (Å²) in [4.78, 5) is 11.8. The fraction of sp³-hybridized carbons (Fsp3) is 0.200. The summed E-state index contributed by atoms with van der Waals surface area (Å²) in [5.74, 6) is -0.631. The molecule has 0 bridgehead atoms. The van der Waals surface area contributed by atoms with E-state index in [1.54, 1.807) is 31.2 Å². The molecule has 0 saturated carbocycles. The second-order valence-corrected chi connectivity index (χ2v) is 7.52. The number of hydrogen-bond donors (Lipinski definition) is 0. The highest BCUT2D eigenvalue weighted by atomic mass is 32.2. The fourth-order valence-corrected chi connectivity index (χ4v) is 3.50. The zero-order valence-electron chi connectivity index (χ0n) is 15.5. The highest BCUT2D eigenvalue weighted by molar-refractivity contribution is 7.89. The highest BCUT2D eigenvalue weighted by Gasteiger charge is 2.25. The molecule has 0 spiro atoms. The second kappa shape index (κ2) is 9.14. The predicted octanol–water partition coefficient (Wildman–Crippen LogP) is 3.49. The van der Waals surface area contributed by atoms with Crippen molar-refractivity contribution in [3.8, 4) is 0 Å². The second-order valence-electron chi connectivity index (χ2n) is 5.75. The van der Waals surface area contributed by atoms with Crippen molar-refractivity contribution in [1.82, 2.24) is 4.41 Å². The van der Waals surface area contributed by atoms with E-state index in [4.69, 9.17) is 4.74 Å². The van der Waals surface area contributed by atoms with E-state index in [-0.39, 0.29) is 17.2 Å². The molecule has 0 aliphatic carbocycles. The Balaban J connectivity index is 2.46. The largest absolute Gasteiger partial charge is 0.463 e. The zero-order chi connectivity index (χ0) is 19.9. The van der Waals surface area contributed by atoms with Crippen LogP contribution in [0.2, 0.25) is 0 Å². The number of sulfonamides is 1. The number of hydrazone groups is 1. The van der Waals surface area contributed by atoms with Crippen LogP contribution in [0.15, 0.2) is 76.4 Å². The van der Waals surface area contributed by atoms with E-state index >= 15 is 0 Å². The van der Waals surface area contributed by atoms with Crippen molar-refractivity contribution in [2.24, 2.45) is 5.10 Å².